The molecule has 0 spiro atoms. The highest BCUT2D eigenvalue weighted by Crippen LogP contribution is 2.32. The van der Waals surface area contributed by atoms with Crippen molar-refractivity contribution in [2.75, 3.05) is 0 Å². The molecule has 2 rings (SSSR count). The normalized spacial score (nSPS) is 27.3. The summed E-state index contributed by atoms with van der Waals surface area (Å²) in [6.45, 7) is 0. The van der Waals surface area contributed by atoms with Gasteiger partial charge in [-0.05, 0) is 49.3 Å². The van der Waals surface area contributed by atoms with Crippen LogP contribution in [0.15, 0.2) is 24.3 Å². The number of rotatable bonds is 1. The Labute approximate surface area is 90.6 Å². The van der Waals surface area contributed by atoms with Crippen molar-refractivity contribution in [3.8, 4) is 5.75 Å². The van der Waals surface area contributed by atoms with E-state index in [1.165, 1.54) is 5.56 Å². The second kappa shape index (κ2) is 4.67. The zero-order valence-electron chi connectivity index (χ0n) is 8.89. The van der Waals surface area contributed by atoms with Crippen LogP contribution in [0.1, 0.15) is 43.6 Å². The molecule has 82 valence electrons. The number of phenolic OH excluding ortho intramolecular Hbond substituents is 1. The molecule has 1 aliphatic carbocycles. The van der Waals surface area contributed by atoms with Crippen LogP contribution >= 0.6 is 0 Å². The molecule has 1 aromatic carbocycles. The minimum atomic E-state index is -0.105. The summed E-state index contributed by atoms with van der Waals surface area (Å²) in [5.74, 6) is 0.884. The van der Waals surface area contributed by atoms with E-state index in [1.54, 1.807) is 12.1 Å². The number of aromatic hydroxyl groups is 1. The van der Waals surface area contributed by atoms with Gasteiger partial charge in [0.15, 0.2) is 0 Å². The number of aliphatic hydroxyl groups is 1. The molecule has 0 amide bonds. The summed E-state index contributed by atoms with van der Waals surface area (Å²) in [6.07, 6.45) is 5.06. The zero-order chi connectivity index (χ0) is 10.7. The zero-order valence-corrected chi connectivity index (χ0v) is 8.89. The third-order valence-corrected chi connectivity index (χ3v) is 3.30. The van der Waals surface area contributed by atoms with Crippen LogP contribution in [0.3, 0.4) is 0 Å². The van der Waals surface area contributed by atoms with Crippen LogP contribution in [0.2, 0.25) is 0 Å². The molecule has 2 heteroatoms. The Bertz CT molecular complexity index is 305. The van der Waals surface area contributed by atoms with Gasteiger partial charge in [0.2, 0.25) is 0 Å². The van der Waals surface area contributed by atoms with E-state index in [2.05, 4.69) is 0 Å². The van der Waals surface area contributed by atoms with E-state index >= 15 is 0 Å². The summed E-state index contributed by atoms with van der Waals surface area (Å²) in [7, 11) is 0. The summed E-state index contributed by atoms with van der Waals surface area (Å²) in [5.41, 5.74) is 1.29. The third kappa shape index (κ3) is 2.72. The fraction of sp³-hybridized carbons (Fsp3) is 0.538. The molecule has 1 aliphatic rings. The summed E-state index contributed by atoms with van der Waals surface area (Å²) >= 11 is 0. The number of hydrogen-bond acceptors (Lipinski definition) is 2. The van der Waals surface area contributed by atoms with E-state index in [0.717, 1.165) is 32.1 Å². The average molecular weight is 206 g/mol. The van der Waals surface area contributed by atoms with Gasteiger partial charge in [-0.3, -0.25) is 0 Å². The molecule has 0 aliphatic heterocycles. The van der Waals surface area contributed by atoms with Crippen LogP contribution < -0.4 is 0 Å². The molecule has 0 bridgehead atoms. The maximum absolute atomic E-state index is 9.56. The standard InChI is InChI=1S/C13H18O2/c14-12-3-1-2-10(4-7-12)11-5-8-13(15)9-6-11/h5-6,8-10,12,14-15H,1-4,7H2/t10-,12+/m1/s1. The van der Waals surface area contributed by atoms with Gasteiger partial charge < -0.3 is 10.2 Å². The van der Waals surface area contributed by atoms with Crippen LogP contribution in [-0.2, 0) is 0 Å². The van der Waals surface area contributed by atoms with Gasteiger partial charge in [-0.2, -0.15) is 0 Å². The van der Waals surface area contributed by atoms with Gasteiger partial charge in [-0.25, -0.2) is 0 Å². The highest BCUT2D eigenvalue weighted by molar-refractivity contribution is 5.28. The van der Waals surface area contributed by atoms with Crippen LogP contribution in [0.25, 0.3) is 0 Å². The average Bonchev–Trinajstić information content (AvgIpc) is 2.44. The maximum atomic E-state index is 9.56. The van der Waals surface area contributed by atoms with Crippen LogP contribution in [0, 0.1) is 0 Å². The largest absolute Gasteiger partial charge is 0.508 e. The van der Waals surface area contributed by atoms with Gasteiger partial charge in [0.05, 0.1) is 6.10 Å². The van der Waals surface area contributed by atoms with Crippen molar-refractivity contribution >= 4 is 0 Å². The molecule has 1 aromatic rings. The number of hydrogen-bond donors (Lipinski definition) is 2. The first kappa shape index (κ1) is 10.5. The van der Waals surface area contributed by atoms with Crippen LogP contribution in [-0.4, -0.2) is 16.3 Å². The Hall–Kier alpha value is -1.02. The summed E-state index contributed by atoms with van der Waals surface area (Å²) in [4.78, 5) is 0. The van der Waals surface area contributed by atoms with Crippen molar-refractivity contribution in [1.29, 1.82) is 0 Å². The van der Waals surface area contributed by atoms with Gasteiger partial charge in [-0.1, -0.05) is 18.6 Å². The Balaban J connectivity index is 2.06. The molecule has 15 heavy (non-hydrogen) atoms. The molecular weight excluding hydrogens is 188 g/mol. The lowest BCUT2D eigenvalue weighted by molar-refractivity contribution is 0.157. The molecule has 2 atom stereocenters. The van der Waals surface area contributed by atoms with E-state index in [1.807, 2.05) is 12.1 Å². The third-order valence-electron chi connectivity index (χ3n) is 3.30. The number of benzene rings is 1. The van der Waals surface area contributed by atoms with E-state index in [4.69, 9.17) is 0 Å². The lowest BCUT2D eigenvalue weighted by Crippen LogP contribution is -2.03. The molecular formula is C13H18O2. The molecule has 0 aromatic heterocycles. The molecule has 0 unspecified atom stereocenters. The summed E-state index contributed by atoms with van der Waals surface area (Å²) < 4.78 is 0. The predicted octanol–water partition coefficient (Wildman–Crippen LogP) is 2.80. The first-order chi connectivity index (χ1) is 7.25. The van der Waals surface area contributed by atoms with Crippen molar-refractivity contribution in [1.82, 2.24) is 0 Å². The van der Waals surface area contributed by atoms with Gasteiger partial charge in [-0.15, -0.1) is 0 Å². The topological polar surface area (TPSA) is 40.5 Å². The molecule has 2 nitrogen and oxygen atoms in total. The highest BCUT2D eigenvalue weighted by Gasteiger charge is 2.18. The molecule has 0 radical (unpaired) electrons. The lowest BCUT2D eigenvalue weighted by Gasteiger charge is -2.14. The van der Waals surface area contributed by atoms with Crippen molar-refractivity contribution in [2.24, 2.45) is 0 Å². The Morgan fingerprint density at radius 3 is 2.40 bits per heavy atom. The van der Waals surface area contributed by atoms with Crippen molar-refractivity contribution in [3.05, 3.63) is 29.8 Å². The fourth-order valence-corrected chi connectivity index (χ4v) is 2.36. The van der Waals surface area contributed by atoms with Crippen LogP contribution in [0.5, 0.6) is 5.75 Å². The van der Waals surface area contributed by atoms with E-state index < -0.39 is 0 Å². The van der Waals surface area contributed by atoms with Crippen molar-refractivity contribution in [2.45, 2.75) is 44.1 Å². The minimum Gasteiger partial charge on any atom is -0.508 e. The first-order valence-corrected chi connectivity index (χ1v) is 5.72. The predicted molar refractivity (Wildman–Crippen MR) is 59.9 cm³/mol. The molecule has 1 saturated carbocycles. The number of aliphatic hydroxyl groups excluding tert-OH is 1. The smallest absolute Gasteiger partial charge is 0.115 e. The van der Waals surface area contributed by atoms with E-state index in [0.29, 0.717) is 11.7 Å². The monoisotopic (exact) mass is 206 g/mol. The second-order valence-electron chi connectivity index (χ2n) is 4.45. The molecule has 2 N–H and O–H groups in total. The lowest BCUT2D eigenvalue weighted by atomic mass is 9.92. The van der Waals surface area contributed by atoms with E-state index in [-0.39, 0.29) is 6.10 Å². The number of phenols is 1. The van der Waals surface area contributed by atoms with Gasteiger partial charge >= 0.3 is 0 Å². The van der Waals surface area contributed by atoms with Gasteiger partial charge in [0.25, 0.3) is 0 Å². The molecule has 1 fully saturated rings. The Kier molecular flexibility index (Phi) is 3.27. The summed E-state index contributed by atoms with van der Waals surface area (Å²) in [5, 5.41) is 18.8. The van der Waals surface area contributed by atoms with Crippen LogP contribution in [0.4, 0.5) is 0 Å². The summed E-state index contributed by atoms with van der Waals surface area (Å²) in [6, 6.07) is 7.49. The fourth-order valence-electron chi connectivity index (χ4n) is 2.36. The quantitative estimate of drug-likeness (QED) is 0.694. The molecule has 0 saturated heterocycles. The Morgan fingerprint density at radius 1 is 0.933 bits per heavy atom. The van der Waals surface area contributed by atoms with Gasteiger partial charge in [0, 0.05) is 0 Å². The van der Waals surface area contributed by atoms with Gasteiger partial charge in [0.1, 0.15) is 5.75 Å². The van der Waals surface area contributed by atoms with Crippen molar-refractivity contribution in [3.63, 3.8) is 0 Å². The minimum absolute atomic E-state index is 0.105. The highest BCUT2D eigenvalue weighted by atomic mass is 16.3. The molecule has 0 heterocycles. The van der Waals surface area contributed by atoms with E-state index in [9.17, 15) is 10.2 Å². The Morgan fingerprint density at radius 2 is 1.67 bits per heavy atom. The second-order valence-corrected chi connectivity index (χ2v) is 4.45. The SMILES string of the molecule is Oc1ccc([C@@H]2CCC[C@H](O)CC2)cc1. The van der Waals surface area contributed by atoms with Crippen molar-refractivity contribution < 1.29 is 10.2 Å². The maximum Gasteiger partial charge on any atom is 0.115 e. The first-order valence-electron chi connectivity index (χ1n) is 5.72.